The fourth-order valence-electron chi connectivity index (χ4n) is 4.17. The highest BCUT2D eigenvalue weighted by Gasteiger charge is 2.25. The van der Waals surface area contributed by atoms with Crippen molar-refractivity contribution in [2.24, 2.45) is 0 Å². The normalized spacial score (nSPS) is 21.6. The second-order valence-corrected chi connectivity index (χ2v) is 9.23. The first-order chi connectivity index (χ1) is 16.6. The van der Waals surface area contributed by atoms with E-state index in [1.165, 1.54) is 0 Å². The quantitative estimate of drug-likeness (QED) is 0.435. The Labute approximate surface area is 200 Å². The van der Waals surface area contributed by atoms with Gasteiger partial charge in [-0.1, -0.05) is 6.07 Å². The summed E-state index contributed by atoms with van der Waals surface area (Å²) in [5.41, 5.74) is 2.58. The third-order valence-corrected chi connectivity index (χ3v) is 6.70. The number of carbonyl (C=O) groups is 2. The summed E-state index contributed by atoms with van der Waals surface area (Å²) in [4.78, 5) is 36.7. The van der Waals surface area contributed by atoms with Crippen LogP contribution in [0.1, 0.15) is 36.9 Å². The van der Waals surface area contributed by atoms with Crippen molar-refractivity contribution in [2.75, 3.05) is 5.32 Å². The molecule has 0 unspecified atom stereocenters. The lowest BCUT2D eigenvalue weighted by atomic mass is 9.91. The van der Waals surface area contributed by atoms with Crippen molar-refractivity contribution >= 4 is 34.9 Å². The van der Waals surface area contributed by atoms with E-state index in [4.69, 9.17) is 4.42 Å². The Bertz CT molecular complexity index is 1200. The molecular weight excluding hydrogens is 452 g/mol. The van der Waals surface area contributed by atoms with Crippen LogP contribution in [0.25, 0.3) is 17.5 Å². The summed E-state index contributed by atoms with van der Waals surface area (Å²) in [6, 6.07) is 10.2. The van der Waals surface area contributed by atoms with Crippen molar-refractivity contribution in [3.63, 3.8) is 0 Å². The average Bonchev–Trinajstić information content (AvgIpc) is 3.49. The van der Waals surface area contributed by atoms with Gasteiger partial charge in [-0.3, -0.25) is 19.9 Å². The smallest absolute Gasteiger partial charge is 0.290 e. The number of carbonyl (C=O) groups excluding carboxylic acids is 2. The molecule has 9 nitrogen and oxygen atoms in total. The van der Waals surface area contributed by atoms with Crippen LogP contribution in [-0.4, -0.2) is 38.2 Å². The molecule has 0 atom stereocenters. The number of furan rings is 1. The number of hydrogen-bond donors (Lipinski definition) is 3. The van der Waals surface area contributed by atoms with Crippen molar-refractivity contribution in [1.29, 1.82) is 0 Å². The van der Waals surface area contributed by atoms with E-state index < -0.39 is 5.91 Å². The van der Waals surface area contributed by atoms with Crippen LogP contribution in [0.4, 0.5) is 10.7 Å². The number of nitrogens with one attached hydrogen (secondary N) is 3. The Hall–Kier alpha value is -3.50. The van der Waals surface area contributed by atoms with E-state index in [0.29, 0.717) is 22.6 Å². The SMILES string of the molecule is O=C1NC(=O)C(=Cc2ccnc(N[C@H]3CC[C@H](NCc4cccnc4-c4ccco4)CC3)n2)S1. The van der Waals surface area contributed by atoms with Crippen LogP contribution in [0.5, 0.6) is 0 Å². The van der Waals surface area contributed by atoms with Crippen LogP contribution < -0.4 is 16.0 Å². The van der Waals surface area contributed by atoms with Gasteiger partial charge in [-0.25, -0.2) is 9.97 Å². The Balaban J connectivity index is 1.13. The maximum atomic E-state index is 11.7. The maximum absolute atomic E-state index is 11.7. The lowest BCUT2D eigenvalue weighted by Crippen LogP contribution is -2.37. The molecule has 1 saturated carbocycles. The zero-order valence-electron chi connectivity index (χ0n) is 18.4. The number of amides is 2. The van der Waals surface area contributed by atoms with Gasteiger partial charge >= 0.3 is 0 Å². The summed E-state index contributed by atoms with van der Waals surface area (Å²) >= 11 is 0.878. The number of nitrogens with zero attached hydrogens (tertiary/aromatic N) is 3. The second kappa shape index (κ2) is 10.2. The number of pyridine rings is 1. The molecule has 0 aromatic carbocycles. The van der Waals surface area contributed by atoms with Crippen LogP contribution in [-0.2, 0) is 11.3 Å². The summed E-state index contributed by atoms with van der Waals surface area (Å²) < 4.78 is 5.53. The molecule has 3 aromatic heterocycles. The summed E-state index contributed by atoms with van der Waals surface area (Å²) in [5.74, 6) is 0.914. The molecule has 3 aromatic rings. The molecule has 34 heavy (non-hydrogen) atoms. The van der Waals surface area contributed by atoms with Crippen LogP contribution in [0, 0.1) is 0 Å². The van der Waals surface area contributed by atoms with Crippen molar-refractivity contribution in [2.45, 2.75) is 44.3 Å². The van der Waals surface area contributed by atoms with E-state index in [9.17, 15) is 9.59 Å². The van der Waals surface area contributed by atoms with E-state index in [1.807, 2.05) is 18.2 Å². The van der Waals surface area contributed by atoms with Gasteiger partial charge in [-0.15, -0.1) is 0 Å². The standard InChI is InChI=1S/C24H24N6O3S/c31-22-20(34-24(32)30-22)13-18-9-11-26-23(29-18)28-17-7-5-16(6-8-17)27-14-15-3-1-10-25-21(15)19-4-2-12-33-19/h1-4,9-13,16-17,27H,5-8,14H2,(H,26,28,29)(H,30,31,32)/t16-,17-. The molecule has 3 N–H and O–H groups in total. The summed E-state index contributed by atoms with van der Waals surface area (Å²) in [7, 11) is 0. The van der Waals surface area contributed by atoms with Crippen LogP contribution in [0.3, 0.4) is 0 Å². The monoisotopic (exact) mass is 476 g/mol. The molecule has 10 heteroatoms. The van der Waals surface area contributed by atoms with Crippen molar-refractivity contribution in [3.05, 3.63) is 65.2 Å². The molecular formula is C24H24N6O3S. The summed E-state index contributed by atoms with van der Waals surface area (Å²) in [5, 5.41) is 8.96. The van der Waals surface area contributed by atoms with Gasteiger partial charge in [0.2, 0.25) is 5.95 Å². The fourth-order valence-corrected chi connectivity index (χ4v) is 4.84. The van der Waals surface area contributed by atoms with Crippen LogP contribution in [0.15, 0.2) is 58.3 Å². The Morgan fingerprint density at radius 1 is 1.06 bits per heavy atom. The largest absolute Gasteiger partial charge is 0.463 e. The highest BCUT2D eigenvalue weighted by molar-refractivity contribution is 8.18. The lowest BCUT2D eigenvalue weighted by Gasteiger charge is -2.30. The molecule has 1 aliphatic heterocycles. The van der Waals surface area contributed by atoms with Gasteiger partial charge in [0, 0.05) is 31.0 Å². The molecule has 1 saturated heterocycles. The minimum absolute atomic E-state index is 0.281. The van der Waals surface area contributed by atoms with Gasteiger partial charge < -0.3 is 15.1 Å². The Morgan fingerprint density at radius 3 is 2.68 bits per heavy atom. The zero-order valence-corrected chi connectivity index (χ0v) is 19.2. The number of rotatable bonds is 7. The van der Waals surface area contributed by atoms with Gasteiger partial charge in [-0.05, 0) is 73.4 Å². The molecule has 2 fully saturated rings. The van der Waals surface area contributed by atoms with Crippen molar-refractivity contribution in [1.82, 2.24) is 25.6 Å². The minimum atomic E-state index is -0.392. The molecule has 0 spiro atoms. The zero-order chi connectivity index (χ0) is 23.3. The third-order valence-electron chi connectivity index (χ3n) is 5.89. The predicted molar refractivity (Wildman–Crippen MR) is 130 cm³/mol. The van der Waals surface area contributed by atoms with E-state index in [-0.39, 0.29) is 11.3 Å². The third kappa shape index (κ3) is 5.35. The second-order valence-electron chi connectivity index (χ2n) is 8.22. The average molecular weight is 477 g/mol. The van der Waals surface area contributed by atoms with Crippen LogP contribution in [0.2, 0.25) is 0 Å². The molecule has 4 heterocycles. The fraction of sp³-hybridized carbons (Fsp3) is 0.292. The predicted octanol–water partition coefficient (Wildman–Crippen LogP) is 3.97. The van der Waals surface area contributed by atoms with Gasteiger partial charge in [0.05, 0.1) is 16.9 Å². The van der Waals surface area contributed by atoms with E-state index >= 15 is 0 Å². The minimum Gasteiger partial charge on any atom is -0.463 e. The topological polar surface area (TPSA) is 122 Å². The molecule has 0 bridgehead atoms. The van der Waals surface area contributed by atoms with Crippen molar-refractivity contribution < 1.29 is 14.0 Å². The number of aromatic nitrogens is 3. The number of hydrogen-bond acceptors (Lipinski definition) is 9. The molecule has 1 aliphatic carbocycles. The maximum Gasteiger partial charge on any atom is 0.290 e. The van der Waals surface area contributed by atoms with E-state index in [1.54, 1.807) is 30.8 Å². The number of anilines is 1. The first-order valence-electron chi connectivity index (χ1n) is 11.2. The first kappa shape index (κ1) is 22.3. The highest BCUT2D eigenvalue weighted by atomic mass is 32.2. The van der Waals surface area contributed by atoms with Crippen molar-refractivity contribution in [3.8, 4) is 11.5 Å². The molecule has 174 valence electrons. The van der Waals surface area contributed by atoms with E-state index in [2.05, 4.69) is 37.0 Å². The summed E-state index contributed by atoms with van der Waals surface area (Å²) in [6.07, 6.45) is 10.8. The summed E-state index contributed by atoms with van der Waals surface area (Å²) in [6.45, 7) is 0.737. The Kier molecular flexibility index (Phi) is 6.68. The molecule has 2 amide bonds. The van der Waals surface area contributed by atoms with Gasteiger partial charge in [-0.2, -0.15) is 0 Å². The molecule has 0 radical (unpaired) electrons. The van der Waals surface area contributed by atoms with Gasteiger partial charge in [0.1, 0.15) is 5.69 Å². The first-order valence-corrected chi connectivity index (χ1v) is 12.0. The lowest BCUT2D eigenvalue weighted by molar-refractivity contribution is -0.115. The Morgan fingerprint density at radius 2 is 1.91 bits per heavy atom. The van der Waals surface area contributed by atoms with E-state index in [0.717, 1.165) is 61.0 Å². The number of thioether (sulfide) groups is 1. The van der Waals surface area contributed by atoms with Gasteiger partial charge in [0.25, 0.3) is 11.1 Å². The molecule has 5 rings (SSSR count). The number of imide groups is 1. The van der Waals surface area contributed by atoms with Crippen LogP contribution >= 0.6 is 11.8 Å². The molecule has 2 aliphatic rings. The van der Waals surface area contributed by atoms with Gasteiger partial charge in [0.15, 0.2) is 5.76 Å². The highest BCUT2D eigenvalue weighted by Crippen LogP contribution is 2.26.